The monoisotopic (exact) mass is 309 g/mol. The van der Waals surface area contributed by atoms with E-state index in [4.69, 9.17) is 0 Å². The van der Waals surface area contributed by atoms with Gasteiger partial charge in [-0.05, 0) is 44.6 Å². The van der Waals surface area contributed by atoms with E-state index >= 15 is 0 Å². The zero-order valence-electron chi connectivity index (χ0n) is 12.7. The Morgan fingerprint density at radius 2 is 2.00 bits per heavy atom. The van der Waals surface area contributed by atoms with Gasteiger partial charge in [-0.2, -0.15) is 0 Å². The molecule has 1 atom stereocenters. The lowest BCUT2D eigenvalue weighted by Gasteiger charge is -2.28. The summed E-state index contributed by atoms with van der Waals surface area (Å²) in [5.74, 6) is -2.04. The number of halogens is 2. The average molecular weight is 309 g/mol. The summed E-state index contributed by atoms with van der Waals surface area (Å²) in [5.41, 5.74) is 0.863. The van der Waals surface area contributed by atoms with Gasteiger partial charge < -0.3 is 5.32 Å². The Balaban J connectivity index is 1.66. The SMILES string of the molecule is Cc1ccnc([C@@H](NC(=O)C2CCC(F)(F)CC2)C2CC2)n1. The quantitative estimate of drug-likeness (QED) is 0.929. The van der Waals surface area contributed by atoms with E-state index in [1.54, 1.807) is 6.20 Å². The van der Waals surface area contributed by atoms with E-state index in [0.717, 1.165) is 18.5 Å². The lowest BCUT2D eigenvalue weighted by Crippen LogP contribution is -2.39. The molecule has 0 aromatic carbocycles. The number of aromatic nitrogens is 2. The minimum absolute atomic E-state index is 0.127. The lowest BCUT2D eigenvalue weighted by atomic mass is 9.86. The third-order valence-corrected chi connectivity index (χ3v) is 4.57. The second-order valence-electron chi connectivity index (χ2n) is 6.51. The fraction of sp³-hybridized carbons (Fsp3) is 0.688. The summed E-state index contributed by atoms with van der Waals surface area (Å²) in [4.78, 5) is 21.1. The number of hydrogen-bond donors (Lipinski definition) is 1. The second kappa shape index (κ2) is 5.89. The molecule has 4 nitrogen and oxygen atoms in total. The Morgan fingerprint density at radius 1 is 1.32 bits per heavy atom. The molecule has 2 aliphatic rings. The van der Waals surface area contributed by atoms with Gasteiger partial charge >= 0.3 is 0 Å². The van der Waals surface area contributed by atoms with E-state index in [-0.39, 0.29) is 43.6 Å². The first-order valence-electron chi connectivity index (χ1n) is 7.92. The molecular formula is C16H21F2N3O. The second-order valence-corrected chi connectivity index (χ2v) is 6.51. The number of hydrogen-bond acceptors (Lipinski definition) is 3. The third kappa shape index (κ3) is 3.59. The van der Waals surface area contributed by atoms with Crippen molar-refractivity contribution in [2.45, 2.75) is 57.4 Å². The maximum absolute atomic E-state index is 13.2. The van der Waals surface area contributed by atoms with Crippen LogP contribution in [0.3, 0.4) is 0 Å². The topological polar surface area (TPSA) is 54.9 Å². The van der Waals surface area contributed by atoms with Crippen LogP contribution < -0.4 is 5.32 Å². The molecule has 1 N–H and O–H groups in total. The van der Waals surface area contributed by atoms with Gasteiger partial charge in [0.15, 0.2) is 5.82 Å². The molecule has 2 saturated carbocycles. The summed E-state index contributed by atoms with van der Waals surface area (Å²) in [6.07, 6.45) is 3.91. The molecule has 0 unspecified atom stereocenters. The maximum Gasteiger partial charge on any atom is 0.248 e. The van der Waals surface area contributed by atoms with Gasteiger partial charge in [-0.15, -0.1) is 0 Å². The summed E-state index contributed by atoms with van der Waals surface area (Å²) < 4.78 is 26.4. The fourth-order valence-corrected chi connectivity index (χ4v) is 3.01. The van der Waals surface area contributed by atoms with Gasteiger partial charge in [-0.3, -0.25) is 4.79 Å². The molecule has 1 amide bonds. The maximum atomic E-state index is 13.2. The summed E-state index contributed by atoms with van der Waals surface area (Å²) in [6.45, 7) is 1.89. The van der Waals surface area contributed by atoms with Crippen molar-refractivity contribution in [2.24, 2.45) is 11.8 Å². The Morgan fingerprint density at radius 3 is 2.59 bits per heavy atom. The summed E-state index contributed by atoms with van der Waals surface area (Å²) in [6, 6.07) is 1.63. The fourth-order valence-electron chi connectivity index (χ4n) is 3.01. The van der Waals surface area contributed by atoms with E-state index in [2.05, 4.69) is 15.3 Å². The van der Waals surface area contributed by atoms with Crippen LogP contribution in [0.25, 0.3) is 0 Å². The highest BCUT2D eigenvalue weighted by Crippen LogP contribution is 2.41. The third-order valence-electron chi connectivity index (χ3n) is 4.57. The molecule has 0 saturated heterocycles. The van der Waals surface area contributed by atoms with Gasteiger partial charge in [-0.25, -0.2) is 18.7 Å². The van der Waals surface area contributed by atoms with Crippen molar-refractivity contribution in [3.63, 3.8) is 0 Å². The largest absolute Gasteiger partial charge is 0.346 e. The van der Waals surface area contributed by atoms with Crippen molar-refractivity contribution in [2.75, 3.05) is 0 Å². The molecule has 2 aliphatic carbocycles. The van der Waals surface area contributed by atoms with Crippen LogP contribution in [-0.2, 0) is 4.79 Å². The van der Waals surface area contributed by atoms with Gasteiger partial charge in [0.25, 0.3) is 0 Å². The van der Waals surface area contributed by atoms with E-state index in [0.29, 0.717) is 11.7 Å². The van der Waals surface area contributed by atoms with Crippen LogP contribution in [0.2, 0.25) is 0 Å². The Bertz CT molecular complexity index is 550. The zero-order valence-corrected chi connectivity index (χ0v) is 12.7. The number of aryl methyl sites for hydroxylation is 1. The van der Waals surface area contributed by atoms with E-state index in [9.17, 15) is 13.6 Å². The van der Waals surface area contributed by atoms with Gasteiger partial charge in [0.1, 0.15) is 0 Å². The van der Waals surface area contributed by atoms with Crippen molar-refractivity contribution >= 4 is 5.91 Å². The van der Waals surface area contributed by atoms with Crippen molar-refractivity contribution in [1.29, 1.82) is 0 Å². The smallest absolute Gasteiger partial charge is 0.248 e. The van der Waals surface area contributed by atoms with Gasteiger partial charge in [0.2, 0.25) is 11.8 Å². The average Bonchev–Trinajstić information content (AvgIpc) is 3.29. The minimum atomic E-state index is -2.60. The number of rotatable bonds is 4. The van der Waals surface area contributed by atoms with E-state index in [1.165, 1.54) is 0 Å². The van der Waals surface area contributed by atoms with Gasteiger partial charge in [-0.1, -0.05) is 0 Å². The standard InChI is InChI=1S/C16H21F2N3O/c1-10-6-9-19-14(20-10)13(11-2-3-11)21-15(22)12-4-7-16(17,18)8-5-12/h6,9,11-13H,2-5,7-8H2,1H3,(H,21,22)/t13-/m0/s1. The highest BCUT2D eigenvalue weighted by Gasteiger charge is 2.40. The first-order chi connectivity index (χ1) is 10.4. The molecule has 120 valence electrons. The number of nitrogens with zero attached hydrogens (tertiary/aromatic N) is 2. The minimum Gasteiger partial charge on any atom is -0.346 e. The van der Waals surface area contributed by atoms with Crippen LogP contribution in [0.5, 0.6) is 0 Å². The number of carbonyl (C=O) groups is 1. The van der Waals surface area contributed by atoms with Crippen LogP contribution in [0.1, 0.15) is 56.1 Å². The Hall–Kier alpha value is -1.59. The number of carbonyl (C=O) groups excluding carboxylic acids is 1. The molecule has 2 fully saturated rings. The summed E-state index contributed by atoms with van der Waals surface area (Å²) >= 11 is 0. The number of alkyl halides is 2. The van der Waals surface area contributed by atoms with Gasteiger partial charge in [0.05, 0.1) is 6.04 Å². The Kier molecular flexibility index (Phi) is 4.10. The van der Waals surface area contributed by atoms with Crippen molar-refractivity contribution in [3.05, 3.63) is 23.8 Å². The van der Waals surface area contributed by atoms with Crippen LogP contribution in [0.4, 0.5) is 8.78 Å². The highest BCUT2D eigenvalue weighted by molar-refractivity contribution is 5.79. The van der Waals surface area contributed by atoms with Crippen molar-refractivity contribution < 1.29 is 13.6 Å². The zero-order chi connectivity index (χ0) is 15.7. The van der Waals surface area contributed by atoms with Crippen molar-refractivity contribution in [1.82, 2.24) is 15.3 Å². The molecule has 22 heavy (non-hydrogen) atoms. The molecule has 0 radical (unpaired) electrons. The van der Waals surface area contributed by atoms with Crippen LogP contribution in [-0.4, -0.2) is 21.8 Å². The molecule has 1 aromatic heterocycles. The normalized spacial score (nSPS) is 23.0. The Labute approximate surface area is 128 Å². The van der Waals surface area contributed by atoms with Gasteiger partial charge in [0, 0.05) is 30.7 Å². The van der Waals surface area contributed by atoms with Crippen LogP contribution in [0.15, 0.2) is 12.3 Å². The first kappa shape index (κ1) is 15.3. The molecule has 0 bridgehead atoms. The molecule has 3 rings (SSSR count). The molecular weight excluding hydrogens is 288 g/mol. The van der Waals surface area contributed by atoms with Crippen molar-refractivity contribution in [3.8, 4) is 0 Å². The van der Waals surface area contributed by atoms with E-state index < -0.39 is 5.92 Å². The molecule has 1 aromatic rings. The summed E-state index contributed by atoms with van der Waals surface area (Å²) in [5, 5.41) is 3.01. The first-order valence-corrected chi connectivity index (χ1v) is 7.92. The number of nitrogens with one attached hydrogen (secondary N) is 1. The molecule has 6 heteroatoms. The van der Waals surface area contributed by atoms with E-state index in [1.807, 2.05) is 13.0 Å². The van der Waals surface area contributed by atoms with Crippen LogP contribution in [0, 0.1) is 18.8 Å². The predicted molar refractivity (Wildman–Crippen MR) is 77.3 cm³/mol. The molecule has 0 aliphatic heterocycles. The molecule has 0 spiro atoms. The van der Waals surface area contributed by atoms with Crippen LogP contribution >= 0.6 is 0 Å². The molecule has 1 heterocycles. The number of amides is 1. The summed E-state index contributed by atoms with van der Waals surface area (Å²) in [7, 11) is 0. The highest BCUT2D eigenvalue weighted by atomic mass is 19.3. The lowest BCUT2D eigenvalue weighted by molar-refractivity contribution is -0.130. The predicted octanol–water partition coefficient (Wildman–Crippen LogP) is 3.18.